The zero-order chi connectivity index (χ0) is 24.0. The van der Waals surface area contributed by atoms with Crippen molar-refractivity contribution in [2.24, 2.45) is 0 Å². The number of halogens is 3. The van der Waals surface area contributed by atoms with Crippen LogP contribution >= 0.6 is 0 Å². The van der Waals surface area contributed by atoms with Gasteiger partial charge < -0.3 is 10.1 Å². The summed E-state index contributed by atoms with van der Waals surface area (Å²) < 4.78 is 33.5. The first-order valence-electron chi connectivity index (χ1n) is 9.15. The average Bonchev–Trinajstić information content (AvgIpc) is 3.47. The summed E-state index contributed by atoms with van der Waals surface area (Å²) in [6.07, 6.45) is 10.9. The number of aliphatic carboxylic acids is 1. The molecule has 0 fully saturated rings. The minimum atomic E-state index is -5.08. The summed E-state index contributed by atoms with van der Waals surface area (Å²) in [6.45, 7) is 0. The Hall–Kier alpha value is -4.71. The van der Waals surface area contributed by atoms with Crippen molar-refractivity contribution in [1.82, 2.24) is 29.7 Å². The van der Waals surface area contributed by atoms with Crippen LogP contribution in [0.3, 0.4) is 0 Å². The first-order chi connectivity index (χ1) is 15.7. The van der Waals surface area contributed by atoms with Gasteiger partial charge in [0.15, 0.2) is 0 Å². The van der Waals surface area contributed by atoms with Gasteiger partial charge in [-0.15, -0.1) is 6.42 Å². The third-order valence-electron chi connectivity index (χ3n) is 4.39. The second-order valence-corrected chi connectivity index (χ2v) is 6.50. The minimum Gasteiger partial charge on any atom is -0.475 e. The molecule has 1 atom stereocenters. The number of nitrogens with one attached hydrogen (secondary N) is 1. The van der Waals surface area contributed by atoms with Crippen LogP contribution in [0.25, 0.3) is 22.3 Å². The molecule has 12 heteroatoms. The number of hydrogen-bond donors (Lipinski definition) is 2. The van der Waals surface area contributed by atoms with E-state index in [2.05, 4.69) is 37.0 Å². The molecule has 4 aromatic heterocycles. The lowest BCUT2D eigenvalue weighted by Crippen LogP contribution is -2.21. The number of terminal acetylenes is 1. The number of carboxylic acids is 1. The SMILES string of the molecule is C#Cc1cncc(C(CC#N)n2cc(-c3ncnc4[nH]ccc34)cn2)c1.O=C(O)C(F)(F)F. The summed E-state index contributed by atoms with van der Waals surface area (Å²) in [5.74, 6) is -0.188. The van der Waals surface area contributed by atoms with Crippen molar-refractivity contribution in [2.45, 2.75) is 18.6 Å². The van der Waals surface area contributed by atoms with Crippen LogP contribution < -0.4 is 0 Å². The van der Waals surface area contributed by atoms with Crippen molar-refractivity contribution in [3.63, 3.8) is 0 Å². The summed E-state index contributed by atoms with van der Waals surface area (Å²) in [5.41, 5.74) is 3.91. The number of hydrogen-bond acceptors (Lipinski definition) is 6. The number of H-pyrrole nitrogens is 1. The molecule has 166 valence electrons. The third-order valence-corrected chi connectivity index (χ3v) is 4.39. The number of nitrogens with zero attached hydrogens (tertiary/aromatic N) is 6. The number of carbonyl (C=O) groups is 1. The van der Waals surface area contributed by atoms with E-state index in [1.807, 2.05) is 24.5 Å². The lowest BCUT2D eigenvalue weighted by molar-refractivity contribution is -0.192. The van der Waals surface area contributed by atoms with Crippen LogP contribution in [0.4, 0.5) is 13.2 Å². The molecule has 0 aliphatic heterocycles. The molecule has 2 N–H and O–H groups in total. The van der Waals surface area contributed by atoms with Gasteiger partial charge in [-0.2, -0.15) is 23.5 Å². The molecule has 0 radical (unpaired) electrons. The summed E-state index contributed by atoms with van der Waals surface area (Å²) in [6, 6.07) is 5.70. The fourth-order valence-corrected chi connectivity index (χ4v) is 2.90. The van der Waals surface area contributed by atoms with Crippen LogP contribution in [-0.2, 0) is 4.79 Å². The number of alkyl halides is 3. The van der Waals surface area contributed by atoms with Crippen LogP contribution in [0, 0.1) is 23.7 Å². The van der Waals surface area contributed by atoms with Gasteiger partial charge in [-0.3, -0.25) is 9.67 Å². The van der Waals surface area contributed by atoms with Crippen LogP contribution in [0.1, 0.15) is 23.6 Å². The van der Waals surface area contributed by atoms with Gasteiger partial charge in [0, 0.05) is 41.3 Å². The normalized spacial score (nSPS) is 11.7. The van der Waals surface area contributed by atoms with Gasteiger partial charge in [-0.1, -0.05) is 5.92 Å². The summed E-state index contributed by atoms with van der Waals surface area (Å²) in [7, 11) is 0. The van der Waals surface area contributed by atoms with Gasteiger partial charge in [-0.05, 0) is 17.7 Å². The lowest BCUT2D eigenvalue weighted by Gasteiger charge is -2.14. The highest BCUT2D eigenvalue weighted by molar-refractivity contribution is 5.90. The molecule has 4 rings (SSSR count). The molecule has 33 heavy (non-hydrogen) atoms. The Morgan fingerprint density at radius 1 is 1.30 bits per heavy atom. The molecule has 4 heterocycles. The van der Waals surface area contributed by atoms with E-state index >= 15 is 0 Å². The number of aromatic nitrogens is 6. The van der Waals surface area contributed by atoms with Gasteiger partial charge in [-0.25, -0.2) is 14.8 Å². The smallest absolute Gasteiger partial charge is 0.475 e. The maximum Gasteiger partial charge on any atom is 0.490 e. The van der Waals surface area contributed by atoms with E-state index < -0.39 is 12.1 Å². The molecule has 9 nitrogen and oxygen atoms in total. The molecule has 1 unspecified atom stereocenters. The Kier molecular flexibility index (Phi) is 6.69. The molecule has 0 aromatic carbocycles. The van der Waals surface area contributed by atoms with Crippen molar-refractivity contribution >= 4 is 17.0 Å². The van der Waals surface area contributed by atoms with Crippen LogP contribution in [0.2, 0.25) is 0 Å². The Labute approximate surface area is 184 Å². The van der Waals surface area contributed by atoms with Crippen LogP contribution in [0.15, 0.2) is 49.4 Å². The van der Waals surface area contributed by atoms with Crippen molar-refractivity contribution in [2.75, 3.05) is 0 Å². The third kappa shape index (κ3) is 5.32. The predicted molar refractivity (Wildman–Crippen MR) is 109 cm³/mol. The monoisotopic (exact) mass is 453 g/mol. The number of aromatic amines is 1. The van der Waals surface area contributed by atoms with Crippen molar-refractivity contribution < 1.29 is 23.1 Å². The molecule has 0 amide bonds. The second kappa shape index (κ2) is 9.62. The van der Waals surface area contributed by atoms with Crippen LogP contribution in [-0.4, -0.2) is 47.0 Å². The molecular weight excluding hydrogens is 439 g/mol. The quantitative estimate of drug-likeness (QED) is 0.453. The topological polar surface area (TPSA) is 133 Å². The summed E-state index contributed by atoms with van der Waals surface area (Å²) >= 11 is 0. The first-order valence-corrected chi connectivity index (χ1v) is 9.15. The van der Waals surface area contributed by atoms with Gasteiger partial charge in [0.1, 0.15) is 12.0 Å². The van der Waals surface area contributed by atoms with E-state index in [0.29, 0.717) is 5.56 Å². The van der Waals surface area contributed by atoms with E-state index in [4.69, 9.17) is 16.3 Å². The molecule has 0 saturated carbocycles. The fourth-order valence-electron chi connectivity index (χ4n) is 2.90. The molecular formula is C21H14F3N7O2. The Bertz CT molecular complexity index is 1360. The molecule has 0 spiro atoms. The molecule has 0 aliphatic carbocycles. The van der Waals surface area contributed by atoms with Crippen molar-refractivity contribution in [1.29, 1.82) is 5.26 Å². The maximum atomic E-state index is 10.6. The number of carboxylic acid groups (broad SMARTS) is 1. The summed E-state index contributed by atoms with van der Waals surface area (Å²) in [5, 5.41) is 21.7. The van der Waals surface area contributed by atoms with Gasteiger partial charge in [0.25, 0.3) is 0 Å². The van der Waals surface area contributed by atoms with Gasteiger partial charge >= 0.3 is 12.1 Å². The van der Waals surface area contributed by atoms with Crippen molar-refractivity contribution in [3.8, 4) is 29.7 Å². The van der Waals surface area contributed by atoms with E-state index in [1.165, 1.54) is 6.33 Å². The molecule has 0 bridgehead atoms. The number of rotatable bonds is 4. The number of pyridine rings is 1. The Balaban J connectivity index is 0.000000383. The highest BCUT2D eigenvalue weighted by atomic mass is 19.4. The lowest BCUT2D eigenvalue weighted by atomic mass is 10.0. The largest absolute Gasteiger partial charge is 0.490 e. The Morgan fingerprint density at radius 2 is 2.06 bits per heavy atom. The molecule has 4 aromatic rings. The standard InChI is InChI=1S/C19H13N7.C2HF3O2/c1-2-13-7-14(9-21-8-13)17(3-5-20)26-11-15(10-25-26)18-16-4-6-22-19(16)24-12-23-18;3-2(4,5)1(6)7/h1,4,6-12,17H,3H2,(H,22,23,24);(H,6,7). The van der Waals surface area contributed by atoms with Crippen molar-refractivity contribution in [3.05, 3.63) is 60.6 Å². The van der Waals surface area contributed by atoms with Gasteiger partial charge in [0.2, 0.25) is 0 Å². The highest BCUT2D eigenvalue weighted by Crippen LogP contribution is 2.27. The summed E-state index contributed by atoms with van der Waals surface area (Å²) in [4.78, 5) is 24.7. The van der Waals surface area contributed by atoms with E-state index in [9.17, 15) is 18.4 Å². The first kappa shape index (κ1) is 23.0. The average molecular weight is 453 g/mol. The molecule has 0 aliphatic rings. The number of nitriles is 1. The number of fused-ring (bicyclic) bond motifs is 1. The van der Waals surface area contributed by atoms with E-state index in [-0.39, 0.29) is 12.5 Å². The fraction of sp³-hybridized carbons (Fsp3) is 0.143. The predicted octanol–water partition coefficient (Wildman–Crippen LogP) is 3.33. The Morgan fingerprint density at radius 3 is 2.73 bits per heavy atom. The van der Waals surface area contributed by atoms with E-state index in [1.54, 1.807) is 23.3 Å². The maximum absolute atomic E-state index is 10.6. The molecule has 0 saturated heterocycles. The zero-order valence-corrected chi connectivity index (χ0v) is 16.7. The highest BCUT2D eigenvalue weighted by Gasteiger charge is 2.38. The van der Waals surface area contributed by atoms with Gasteiger partial charge in [0.05, 0.1) is 30.4 Å². The zero-order valence-electron chi connectivity index (χ0n) is 16.7. The van der Waals surface area contributed by atoms with E-state index in [0.717, 1.165) is 27.9 Å². The second-order valence-electron chi connectivity index (χ2n) is 6.50. The minimum absolute atomic E-state index is 0.250. The van der Waals surface area contributed by atoms with Crippen LogP contribution in [0.5, 0.6) is 0 Å².